The first-order chi connectivity index (χ1) is 20.0. The van der Waals surface area contributed by atoms with Crippen LogP contribution in [0.15, 0.2) is 102 Å². The largest absolute Gasteiger partial charge is 0.497 e. The van der Waals surface area contributed by atoms with Gasteiger partial charge in [-0.3, -0.25) is 14.4 Å². The molecular formula is C34H27N3O4. The fourth-order valence-corrected chi connectivity index (χ4v) is 7.00. The van der Waals surface area contributed by atoms with Crippen LogP contribution >= 0.6 is 0 Å². The van der Waals surface area contributed by atoms with E-state index < -0.39 is 23.2 Å². The summed E-state index contributed by atoms with van der Waals surface area (Å²) in [5, 5.41) is 4.47. The van der Waals surface area contributed by atoms with Gasteiger partial charge in [-0.2, -0.15) is 5.10 Å². The number of benzene rings is 4. The molecule has 2 bridgehead atoms. The van der Waals surface area contributed by atoms with Crippen LogP contribution < -0.4 is 15.1 Å². The lowest BCUT2D eigenvalue weighted by Crippen LogP contribution is -2.54. The predicted molar refractivity (Wildman–Crippen MR) is 155 cm³/mol. The third kappa shape index (κ3) is 3.51. The van der Waals surface area contributed by atoms with Crippen molar-refractivity contribution in [1.29, 1.82) is 0 Å². The van der Waals surface area contributed by atoms with Gasteiger partial charge in [-0.05, 0) is 65.6 Å². The molecule has 4 aliphatic rings. The minimum Gasteiger partial charge on any atom is -0.497 e. The lowest BCUT2D eigenvalue weighted by Gasteiger charge is -2.52. The Bertz CT molecular complexity index is 1700. The average Bonchev–Trinajstić information content (AvgIpc) is 3.28. The molecular weight excluding hydrogens is 514 g/mol. The number of amides is 3. The maximum absolute atomic E-state index is 14.4. The zero-order chi connectivity index (χ0) is 28.3. The van der Waals surface area contributed by atoms with Crippen molar-refractivity contribution in [1.82, 2.24) is 5.43 Å². The third-order valence-corrected chi connectivity index (χ3v) is 8.76. The summed E-state index contributed by atoms with van der Waals surface area (Å²) in [4.78, 5) is 42.9. The number of methoxy groups -OCH3 is 1. The van der Waals surface area contributed by atoms with Gasteiger partial charge >= 0.3 is 0 Å². The smallest absolute Gasteiger partial charge is 0.271 e. The molecule has 0 radical (unpaired) electrons. The van der Waals surface area contributed by atoms with Crippen molar-refractivity contribution in [2.75, 3.05) is 12.0 Å². The molecule has 1 heterocycles. The molecule has 4 aromatic rings. The fourth-order valence-electron chi connectivity index (χ4n) is 7.00. The average molecular weight is 542 g/mol. The molecule has 41 heavy (non-hydrogen) atoms. The molecule has 202 valence electrons. The van der Waals surface area contributed by atoms with Crippen LogP contribution in [-0.4, -0.2) is 31.0 Å². The minimum absolute atomic E-state index is 0.210. The third-order valence-electron chi connectivity index (χ3n) is 8.76. The first kappa shape index (κ1) is 25.0. The summed E-state index contributed by atoms with van der Waals surface area (Å²) >= 11 is 0. The Morgan fingerprint density at radius 2 is 1.46 bits per heavy atom. The highest BCUT2D eigenvalue weighted by Gasteiger charge is 2.68. The van der Waals surface area contributed by atoms with Crippen LogP contribution in [0.2, 0.25) is 0 Å². The van der Waals surface area contributed by atoms with Crippen LogP contribution in [0.25, 0.3) is 0 Å². The standard InChI is InChI=1S/C34H27N3O4/c1-20-11-15-22(16-12-20)37-32(39)29-28-24-7-3-5-9-26(24)34(30(29)33(37)40,27-10-6-4-8-25(27)28)19-35-36-31(38)21-13-17-23(41-2)18-14-21/h3-19,28-30H,1-2H3,(H,36,38)/b35-19+/t28?,29-,30+,34?/m1/s1. The van der Waals surface area contributed by atoms with Crippen molar-refractivity contribution >= 4 is 29.6 Å². The van der Waals surface area contributed by atoms with Gasteiger partial charge in [0.05, 0.1) is 30.0 Å². The van der Waals surface area contributed by atoms with Crippen molar-refractivity contribution in [3.05, 3.63) is 130 Å². The van der Waals surface area contributed by atoms with E-state index in [1.54, 1.807) is 37.6 Å². The normalized spacial score (nSPS) is 23.8. The Balaban J connectivity index is 1.37. The van der Waals surface area contributed by atoms with Crippen LogP contribution in [0.4, 0.5) is 5.69 Å². The van der Waals surface area contributed by atoms with E-state index in [4.69, 9.17) is 4.74 Å². The van der Waals surface area contributed by atoms with Gasteiger partial charge in [-0.15, -0.1) is 0 Å². The van der Waals surface area contributed by atoms with Gasteiger partial charge in [-0.25, -0.2) is 10.3 Å². The number of carbonyl (C=O) groups excluding carboxylic acids is 3. The highest BCUT2D eigenvalue weighted by atomic mass is 16.5. The van der Waals surface area contributed by atoms with Crippen molar-refractivity contribution in [2.24, 2.45) is 16.9 Å². The van der Waals surface area contributed by atoms with Crippen molar-refractivity contribution in [3.8, 4) is 5.75 Å². The molecule has 3 aliphatic carbocycles. The number of ether oxygens (including phenoxy) is 1. The number of carbonyl (C=O) groups is 3. The Labute approximate surface area is 237 Å². The second-order valence-corrected chi connectivity index (χ2v) is 10.8. The molecule has 0 aromatic heterocycles. The molecule has 7 nitrogen and oxygen atoms in total. The van der Waals surface area contributed by atoms with E-state index in [1.165, 1.54) is 4.90 Å². The lowest BCUT2D eigenvalue weighted by atomic mass is 9.47. The number of imide groups is 1. The summed E-state index contributed by atoms with van der Waals surface area (Å²) in [5.41, 5.74) is 7.51. The van der Waals surface area contributed by atoms with Crippen molar-refractivity contribution in [2.45, 2.75) is 18.3 Å². The molecule has 1 aliphatic heterocycles. The van der Waals surface area contributed by atoms with Gasteiger partial charge in [0.15, 0.2) is 0 Å². The fraction of sp³-hybridized carbons (Fsp3) is 0.176. The van der Waals surface area contributed by atoms with Crippen LogP contribution in [0.5, 0.6) is 5.75 Å². The zero-order valence-corrected chi connectivity index (χ0v) is 22.6. The lowest BCUT2D eigenvalue weighted by molar-refractivity contribution is -0.122. The SMILES string of the molecule is COc1ccc(C(=O)N/N=C/C23c4ccccc4C(c4ccccc42)[C@H]2C(=O)N(c4ccc(C)cc4)C(=O)[C@H]23)cc1. The first-order valence-corrected chi connectivity index (χ1v) is 13.6. The topological polar surface area (TPSA) is 88.1 Å². The summed E-state index contributed by atoms with van der Waals surface area (Å²) in [7, 11) is 1.57. The van der Waals surface area contributed by atoms with Gasteiger partial charge in [0.1, 0.15) is 5.75 Å². The van der Waals surface area contributed by atoms with Gasteiger partial charge in [0, 0.05) is 17.7 Å². The van der Waals surface area contributed by atoms with Crippen LogP contribution in [-0.2, 0) is 15.0 Å². The van der Waals surface area contributed by atoms with E-state index in [9.17, 15) is 14.4 Å². The summed E-state index contributed by atoms with van der Waals surface area (Å²) in [6.07, 6.45) is 1.67. The Morgan fingerprint density at radius 1 is 0.854 bits per heavy atom. The second-order valence-electron chi connectivity index (χ2n) is 10.8. The van der Waals surface area contributed by atoms with Crippen LogP contribution in [0.3, 0.4) is 0 Å². The highest BCUT2D eigenvalue weighted by Crippen LogP contribution is 2.63. The van der Waals surface area contributed by atoms with E-state index in [1.807, 2.05) is 79.7 Å². The number of rotatable bonds is 5. The number of hydrogen-bond acceptors (Lipinski definition) is 5. The van der Waals surface area contributed by atoms with Crippen LogP contribution in [0.1, 0.15) is 44.1 Å². The number of hydrazone groups is 1. The maximum atomic E-state index is 14.4. The second kappa shape index (κ2) is 9.27. The predicted octanol–water partition coefficient (Wildman–Crippen LogP) is 4.97. The van der Waals surface area contributed by atoms with Gasteiger partial charge in [-0.1, -0.05) is 66.2 Å². The molecule has 3 amide bonds. The van der Waals surface area contributed by atoms with E-state index in [0.717, 1.165) is 27.8 Å². The summed E-state index contributed by atoms with van der Waals surface area (Å²) in [6, 6.07) is 30.1. The van der Waals surface area contributed by atoms with Crippen molar-refractivity contribution < 1.29 is 19.1 Å². The Morgan fingerprint density at radius 3 is 2.07 bits per heavy atom. The molecule has 8 rings (SSSR count). The summed E-state index contributed by atoms with van der Waals surface area (Å²) in [6.45, 7) is 1.97. The van der Waals surface area contributed by atoms with E-state index in [2.05, 4.69) is 10.5 Å². The van der Waals surface area contributed by atoms with E-state index in [-0.39, 0.29) is 17.7 Å². The number of nitrogens with one attached hydrogen (secondary N) is 1. The molecule has 2 atom stereocenters. The quantitative estimate of drug-likeness (QED) is 0.220. The van der Waals surface area contributed by atoms with Gasteiger partial charge < -0.3 is 4.74 Å². The highest BCUT2D eigenvalue weighted by molar-refractivity contribution is 6.25. The zero-order valence-electron chi connectivity index (χ0n) is 22.6. The first-order valence-electron chi connectivity index (χ1n) is 13.6. The van der Waals surface area contributed by atoms with E-state index in [0.29, 0.717) is 17.0 Å². The molecule has 0 spiro atoms. The van der Waals surface area contributed by atoms with Crippen LogP contribution in [0, 0.1) is 18.8 Å². The van der Waals surface area contributed by atoms with Crippen molar-refractivity contribution in [3.63, 3.8) is 0 Å². The van der Waals surface area contributed by atoms with Gasteiger partial charge in [0.2, 0.25) is 11.8 Å². The maximum Gasteiger partial charge on any atom is 0.271 e. The van der Waals surface area contributed by atoms with Gasteiger partial charge in [0.25, 0.3) is 5.91 Å². The minimum atomic E-state index is -1.05. The monoisotopic (exact) mass is 541 g/mol. The molecule has 1 fully saturated rings. The number of nitrogens with zero attached hydrogens (tertiary/aromatic N) is 2. The molecule has 1 N–H and O–H groups in total. The molecule has 4 aromatic carbocycles. The molecule has 0 saturated carbocycles. The molecule has 0 unspecified atom stereocenters. The Hall–Kier alpha value is -5.04. The molecule has 7 heteroatoms. The summed E-state index contributed by atoms with van der Waals surface area (Å²) < 4.78 is 5.19. The Kier molecular flexibility index (Phi) is 5.64. The number of hydrogen-bond donors (Lipinski definition) is 1. The summed E-state index contributed by atoms with van der Waals surface area (Å²) in [5.74, 6) is -1.79. The van der Waals surface area contributed by atoms with E-state index >= 15 is 0 Å². The number of anilines is 1. The number of aryl methyl sites for hydroxylation is 1. The molecule has 1 saturated heterocycles.